The number of likely N-dealkylation sites (tertiary alicyclic amines) is 1. The van der Waals surface area contributed by atoms with Crippen molar-refractivity contribution in [3.8, 4) is 0 Å². The summed E-state index contributed by atoms with van der Waals surface area (Å²) >= 11 is 0. The summed E-state index contributed by atoms with van der Waals surface area (Å²) < 4.78 is 10.4. The predicted molar refractivity (Wildman–Crippen MR) is 99.5 cm³/mol. The third-order valence-electron chi connectivity index (χ3n) is 5.07. The third kappa shape index (κ3) is 4.57. The first-order valence-corrected chi connectivity index (χ1v) is 9.48. The number of carbonyl (C=O) groups excluding carboxylic acids is 2. The van der Waals surface area contributed by atoms with Gasteiger partial charge in [0, 0.05) is 13.1 Å². The molecule has 1 aliphatic carbocycles. The summed E-state index contributed by atoms with van der Waals surface area (Å²) in [5.41, 5.74) is 2.61. The summed E-state index contributed by atoms with van der Waals surface area (Å²) in [6, 6.07) is 6.19. The van der Waals surface area contributed by atoms with E-state index in [-0.39, 0.29) is 12.1 Å². The zero-order valence-corrected chi connectivity index (χ0v) is 16.2. The molecule has 0 bridgehead atoms. The van der Waals surface area contributed by atoms with Crippen molar-refractivity contribution in [3.05, 3.63) is 34.9 Å². The SMILES string of the molecule is COC(=O)c1cc(C2CC2)cc(C2CCN(C(=O)OC(C)(C)C)CC2)c1. The van der Waals surface area contributed by atoms with Gasteiger partial charge in [0.2, 0.25) is 0 Å². The summed E-state index contributed by atoms with van der Waals surface area (Å²) in [5.74, 6) is 0.663. The topological polar surface area (TPSA) is 55.8 Å². The molecule has 5 heteroatoms. The quantitative estimate of drug-likeness (QED) is 0.748. The number of hydrogen-bond acceptors (Lipinski definition) is 4. The molecule has 1 saturated heterocycles. The van der Waals surface area contributed by atoms with Crippen molar-refractivity contribution in [1.29, 1.82) is 0 Å². The molecule has 0 atom stereocenters. The van der Waals surface area contributed by atoms with Gasteiger partial charge >= 0.3 is 12.1 Å². The Kier molecular flexibility index (Phi) is 5.26. The van der Waals surface area contributed by atoms with Gasteiger partial charge in [0.25, 0.3) is 0 Å². The van der Waals surface area contributed by atoms with Crippen LogP contribution in [-0.2, 0) is 9.47 Å². The number of benzene rings is 1. The van der Waals surface area contributed by atoms with Gasteiger partial charge in [-0.05, 0) is 81.5 Å². The molecule has 1 aromatic carbocycles. The van der Waals surface area contributed by atoms with Crippen LogP contribution < -0.4 is 0 Å². The fourth-order valence-electron chi connectivity index (χ4n) is 3.52. The largest absolute Gasteiger partial charge is 0.465 e. The molecule has 1 saturated carbocycles. The Morgan fingerprint density at radius 1 is 0.962 bits per heavy atom. The highest BCUT2D eigenvalue weighted by Crippen LogP contribution is 2.42. The van der Waals surface area contributed by atoms with E-state index in [1.807, 2.05) is 32.9 Å². The second kappa shape index (κ2) is 7.29. The number of carbonyl (C=O) groups is 2. The molecular weight excluding hydrogens is 330 g/mol. The van der Waals surface area contributed by atoms with Gasteiger partial charge < -0.3 is 14.4 Å². The van der Waals surface area contributed by atoms with Gasteiger partial charge in [-0.15, -0.1) is 0 Å². The maximum absolute atomic E-state index is 12.2. The molecule has 0 radical (unpaired) electrons. The molecule has 5 nitrogen and oxygen atoms in total. The van der Waals surface area contributed by atoms with Crippen LogP contribution in [0.3, 0.4) is 0 Å². The van der Waals surface area contributed by atoms with Crippen molar-refractivity contribution in [2.45, 2.75) is 63.9 Å². The van der Waals surface area contributed by atoms with Crippen LogP contribution in [0, 0.1) is 0 Å². The zero-order chi connectivity index (χ0) is 18.9. The Balaban J connectivity index is 1.70. The first-order chi connectivity index (χ1) is 12.3. The van der Waals surface area contributed by atoms with Crippen LogP contribution >= 0.6 is 0 Å². The van der Waals surface area contributed by atoms with E-state index in [1.165, 1.54) is 31.1 Å². The Hall–Kier alpha value is -2.04. The zero-order valence-electron chi connectivity index (χ0n) is 16.2. The normalized spacial score (nSPS) is 18.5. The van der Waals surface area contributed by atoms with Gasteiger partial charge in [-0.2, -0.15) is 0 Å². The number of methoxy groups -OCH3 is 1. The van der Waals surface area contributed by atoms with Crippen LogP contribution in [0.4, 0.5) is 4.79 Å². The Labute approximate surface area is 155 Å². The molecule has 0 spiro atoms. The number of amides is 1. The Morgan fingerprint density at radius 2 is 1.50 bits per heavy atom. The standard InChI is InChI=1S/C21H29NO4/c1-21(2,3)26-20(24)22-9-7-15(8-10-22)17-11-16(14-5-6-14)12-18(13-17)19(23)25-4/h11-15H,5-10H2,1-4H3. The fraction of sp³-hybridized carbons (Fsp3) is 0.619. The lowest BCUT2D eigenvalue weighted by Crippen LogP contribution is -2.41. The van der Waals surface area contributed by atoms with Crippen LogP contribution in [-0.4, -0.2) is 42.8 Å². The first kappa shape index (κ1) is 18.7. The van der Waals surface area contributed by atoms with Crippen molar-refractivity contribution in [2.75, 3.05) is 20.2 Å². The summed E-state index contributed by atoms with van der Waals surface area (Å²) in [5, 5.41) is 0. The van der Waals surface area contributed by atoms with E-state index in [0.717, 1.165) is 12.8 Å². The lowest BCUT2D eigenvalue weighted by atomic mass is 9.87. The molecule has 0 unspecified atom stereocenters. The summed E-state index contributed by atoms with van der Waals surface area (Å²) in [4.78, 5) is 26.0. The molecule has 1 amide bonds. The van der Waals surface area contributed by atoms with E-state index in [9.17, 15) is 9.59 Å². The molecule has 2 fully saturated rings. The average Bonchev–Trinajstić information content (AvgIpc) is 3.44. The average molecular weight is 359 g/mol. The molecule has 0 N–H and O–H groups in total. The molecule has 1 aromatic rings. The van der Waals surface area contributed by atoms with E-state index in [1.54, 1.807) is 4.90 Å². The second-order valence-electron chi connectivity index (χ2n) is 8.40. The fourth-order valence-corrected chi connectivity index (χ4v) is 3.52. The van der Waals surface area contributed by atoms with Crippen LogP contribution in [0.1, 0.15) is 79.8 Å². The highest BCUT2D eigenvalue weighted by molar-refractivity contribution is 5.89. The minimum Gasteiger partial charge on any atom is -0.465 e. The van der Waals surface area contributed by atoms with E-state index < -0.39 is 5.60 Å². The number of esters is 1. The minimum atomic E-state index is -0.470. The van der Waals surface area contributed by atoms with Crippen molar-refractivity contribution >= 4 is 12.1 Å². The van der Waals surface area contributed by atoms with Crippen molar-refractivity contribution in [1.82, 2.24) is 4.90 Å². The molecule has 1 aliphatic heterocycles. The smallest absolute Gasteiger partial charge is 0.410 e. The number of piperidine rings is 1. The summed E-state index contributed by atoms with van der Waals surface area (Å²) in [6.45, 7) is 7.02. The second-order valence-corrected chi connectivity index (χ2v) is 8.40. The Bertz CT molecular complexity index is 680. The van der Waals surface area contributed by atoms with Crippen molar-refractivity contribution < 1.29 is 19.1 Å². The van der Waals surface area contributed by atoms with E-state index in [4.69, 9.17) is 9.47 Å². The lowest BCUT2D eigenvalue weighted by Gasteiger charge is -2.33. The molecule has 0 aromatic heterocycles. The van der Waals surface area contributed by atoms with E-state index >= 15 is 0 Å². The molecular formula is C21H29NO4. The Morgan fingerprint density at radius 3 is 1.96 bits per heavy atom. The molecule has 26 heavy (non-hydrogen) atoms. The third-order valence-corrected chi connectivity index (χ3v) is 5.07. The molecule has 3 rings (SSSR count). The number of rotatable bonds is 3. The van der Waals surface area contributed by atoms with Gasteiger partial charge in [0.15, 0.2) is 0 Å². The molecule has 142 valence electrons. The molecule has 2 aliphatic rings. The number of hydrogen-bond donors (Lipinski definition) is 0. The summed E-state index contributed by atoms with van der Waals surface area (Å²) in [7, 11) is 1.42. The van der Waals surface area contributed by atoms with Crippen LogP contribution in [0.2, 0.25) is 0 Å². The highest BCUT2D eigenvalue weighted by atomic mass is 16.6. The van der Waals surface area contributed by atoms with Crippen molar-refractivity contribution in [3.63, 3.8) is 0 Å². The monoisotopic (exact) mass is 359 g/mol. The maximum atomic E-state index is 12.2. The first-order valence-electron chi connectivity index (χ1n) is 9.48. The molecule has 1 heterocycles. The minimum absolute atomic E-state index is 0.238. The van der Waals surface area contributed by atoms with Gasteiger partial charge in [0.1, 0.15) is 5.60 Å². The van der Waals surface area contributed by atoms with E-state index in [0.29, 0.717) is 30.5 Å². The van der Waals surface area contributed by atoms with Gasteiger partial charge in [-0.1, -0.05) is 6.07 Å². The maximum Gasteiger partial charge on any atom is 0.410 e. The van der Waals surface area contributed by atoms with E-state index in [2.05, 4.69) is 6.07 Å². The number of nitrogens with zero attached hydrogens (tertiary/aromatic N) is 1. The van der Waals surface area contributed by atoms with Crippen LogP contribution in [0.15, 0.2) is 18.2 Å². The predicted octanol–water partition coefficient (Wildman–Crippen LogP) is 4.47. The van der Waals surface area contributed by atoms with Crippen molar-refractivity contribution in [2.24, 2.45) is 0 Å². The van der Waals surface area contributed by atoms with Crippen LogP contribution in [0.25, 0.3) is 0 Å². The summed E-state index contributed by atoms with van der Waals surface area (Å²) in [6.07, 6.45) is 3.92. The van der Waals surface area contributed by atoms with Gasteiger partial charge in [0.05, 0.1) is 12.7 Å². The number of ether oxygens (including phenoxy) is 2. The van der Waals surface area contributed by atoms with Gasteiger partial charge in [-0.3, -0.25) is 0 Å². The van der Waals surface area contributed by atoms with Crippen LogP contribution in [0.5, 0.6) is 0 Å². The van der Waals surface area contributed by atoms with Gasteiger partial charge in [-0.25, -0.2) is 9.59 Å². The lowest BCUT2D eigenvalue weighted by molar-refractivity contribution is 0.0204. The highest BCUT2D eigenvalue weighted by Gasteiger charge is 2.30.